The Morgan fingerprint density at radius 2 is 1.73 bits per heavy atom. The summed E-state index contributed by atoms with van der Waals surface area (Å²) in [5.41, 5.74) is 13.9. The normalized spacial score (nSPS) is 10.7. The van der Waals surface area contributed by atoms with Gasteiger partial charge in [0.15, 0.2) is 17.2 Å². The lowest BCUT2D eigenvalue weighted by molar-refractivity contribution is 0.102. The highest BCUT2D eigenvalue weighted by Gasteiger charge is 2.19. The second-order valence-electron chi connectivity index (χ2n) is 6.56. The van der Waals surface area contributed by atoms with Crippen LogP contribution in [0.15, 0.2) is 65.2 Å². The number of amides is 1. The van der Waals surface area contributed by atoms with E-state index in [1.54, 1.807) is 67.8 Å². The summed E-state index contributed by atoms with van der Waals surface area (Å²) >= 11 is 0. The Labute approximate surface area is 171 Å². The van der Waals surface area contributed by atoms with Gasteiger partial charge in [0.2, 0.25) is 0 Å². The van der Waals surface area contributed by atoms with Crippen molar-refractivity contribution in [1.29, 1.82) is 0 Å². The third-order valence-electron chi connectivity index (χ3n) is 4.69. The van der Waals surface area contributed by atoms with Crippen LogP contribution >= 0.6 is 0 Å². The van der Waals surface area contributed by atoms with Gasteiger partial charge in [0.05, 0.1) is 23.9 Å². The zero-order valence-corrected chi connectivity index (χ0v) is 16.0. The maximum atomic E-state index is 13.2. The fraction of sp³-hybridized carbons (Fsp3) is 0.0455. The van der Waals surface area contributed by atoms with E-state index in [2.05, 4.69) is 10.5 Å². The van der Waals surface area contributed by atoms with Crippen LogP contribution in [0.1, 0.15) is 26.3 Å². The minimum atomic E-state index is -0.400. The predicted octanol–water partition coefficient (Wildman–Crippen LogP) is 3.48. The van der Waals surface area contributed by atoms with E-state index in [0.29, 0.717) is 27.8 Å². The topological polar surface area (TPSA) is 133 Å². The van der Waals surface area contributed by atoms with Crippen molar-refractivity contribution in [3.05, 3.63) is 77.4 Å². The molecule has 1 amide bonds. The second kappa shape index (κ2) is 7.59. The number of methoxy groups -OCH3 is 1. The van der Waals surface area contributed by atoms with E-state index in [-0.39, 0.29) is 28.5 Å². The van der Waals surface area contributed by atoms with Gasteiger partial charge < -0.3 is 26.0 Å². The first kappa shape index (κ1) is 19.0. The Morgan fingerprint density at radius 1 is 1.00 bits per heavy atom. The number of ether oxygens (including phenoxy) is 1. The van der Waals surface area contributed by atoms with E-state index in [9.17, 15) is 9.59 Å². The van der Waals surface area contributed by atoms with Crippen molar-refractivity contribution in [3.8, 4) is 5.75 Å². The number of nitrogens with two attached hydrogens (primary N) is 2. The molecule has 0 spiro atoms. The molecule has 0 aliphatic rings. The van der Waals surface area contributed by atoms with E-state index in [4.69, 9.17) is 20.7 Å². The lowest BCUT2D eigenvalue weighted by Gasteiger charge is -2.13. The SMILES string of the molecule is COc1ccc(C(=O)Nc2c(N)cccc2C(=O)c2ccc3onc(N)c3c2)cc1. The Bertz CT molecular complexity index is 1260. The summed E-state index contributed by atoms with van der Waals surface area (Å²) in [5, 5.41) is 6.97. The molecule has 30 heavy (non-hydrogen) atoms. The molecule has 0 saturated heterocycles. The summed E-state index contributed by atoms with van der Waals surface area (Å²) in [6.45, 7) is 0. The summed E-state index contributed by atoms with van der Waals surface area (Å²) in [4.78, 5) is 25.9. The quantitative estimate of drug-likeness (QED) is 0.344. The monoisotopic (exact) mass is 402 g/mol. The van der Waals surface area contributed by atoms with Crippen molar-refractivity contribution in [2.45, 2.75) is 0 Å². The van der Waals surface area contributed by atoms with Gasteiger partial charge in [0.1, 0.15) is 5.75 Å². The number of benzene rings is 3. The van der Waals surface area contributed by atoms with E-state index in [0.717, 1.165) is 0 Å². The van der Waals surface area contributed by atoms with Crippen molar-refractivity contribution in [2.75, 3.05) is 23.9 Å². The third-order valence-corrected chi connectivity index (χ3v) is 4.69. The standard InChI is InChI=1S/C22H18N4O4/c1-29-14-8-5-12(6-9-14)22(28)25-19-15(3-2-4-17(19)23)20(27)13-7-10-18-16(11-13)21(24)26-30-18/h2-11H,23H2,1H3,(H2,24,26)(H,25,28). The number of hydrogen-bond donors (Lipinski definition) is 3. The fourth-order valence-electron chi connectivity index (χ4n) is 3.08. The summed E-state index contributed by atoms with van der Waals surface area (Å²) in [6, 6.07) is 16.3. The molecular formula is C22H18N4O4. The van der Waals surface area contributed by atoms with Crippen LogP contribution in [0, 0.1) is 0 Å². The number of nitrogens with zero attached hydrogens (tertiary/aromatic N) is 1. The largest absolute Gasteiger partial charge is 0.497 e. The van der Waals surface area contributed by atoms with E-state index in [1.807, 2.05) is 0 Å². The molecule has 5 N–H and O–H groups in total. The zero-order chi connectivity index (χ0) is 21.3. The summed E-state index contributed by atoms with van der Waals surface area (Å²) in [6.07, 6.45) is 0. The third kappa shape index (κ3) is 3.42. The van der Waals surface area contributed by atoms with Gasteiger partial charge in [0, 0.05) is 16.7 Å². The van der Waals surface area contributed by atoms with Crippen LogP contribution in [0.4, 0.5) is 17.2 Å². The smallest absolute Gasteiger partial charge is 0.255 e. The number of anilines is 3. The molecule has 150 valence electrons. The van der Waals surface area contributed by atoms with Crippen molar-refractivity contribution in [2.24, 2.45) is 0 Å². The molecule has 0 radical (unpaired) electrons. The number of para-hydroxylation sites is 1. The number of nitrogens with one attached hydrogen (secondary N) is 1. The molecule has 0 atom stereocenters. The average molecular weight is 402 g/mol. The van der Waals surface area contributed by atoms with Crippen LogP contribution in [0.25, 0.3) is 11.0 Å². The van der Waals surface area contributed by atoms with Crippen LogP contribution in [-0.2, 0) is 0 Å². The Balaban J connectivity index is 1.68. The highest BCUT2D eigenvalue weighted by molar-refractivity contribution is 6.18. The molecule has 4 rings (SSSR count). The number of hydrogen-bond acceptors (Lipinski definition) is 7. The predicted molar refractivity (Wildman–Crippen MR) is 114 cm³/mol. The number of carbonyl (C=O) groups excluding carboxylic acids is 2. The van der Waals surface area contributed by atoms with Gasteiger partial charge in [-0.25, -0.2) is 0 Å². The summed E-state index contributed by atoms with van der Waals surface area (Å²) < 4.78 is 10.2. The molecule has 0 unspecified atom stereocenters. The van der Waals surface area contributed by atoms with Crippen molar-refractivity contribution in [3.63, 3.8) is 0 Å². The van der Waals surface area contributed by atoms with Gasteiger partial charge in [0.25, 0.3) is 5.91 Å². The minimum absolute atomic E-state index is 0.195. The maximum Gasteiger partial charge on any atom is 0.255 e. The van der Waals surface area contributed by atoms with E-state index in [1.165, 1.54) is 0 Å². The van der Waals surface area contributed by atoms with Crippen LogP contribution in [0.2, 0.25) is 0 Å². The molecule has 8 heteroatoms. The van der Waals surface area contributed by atoms with E-state index < -0.39 is 5.91 Å². The molecule has 8 nitrogen and oxygen atoms in total. The lowest BCUT2D eigenvalue weighted by atomic mass is 9.99. The average Bonchev–Trinajstić information content (AvgIpc) is 3.14. The Morgan fingerprint density at radius 3 is 2.47 bits per heavy atom. The van der Waals surface area contributed by atoms with Crippen molar-refractivity contribution < 1.29 is 18.8 Å². The molecule has 3 aromatic carbocycles. The van der Waals surface area contributed by atoms with Gasteiger partial charge in [-0.15, -0.1) is 0 Å². The molecule has 0 saturated carbocycles. The number of fused-ring (bicyclic) bond motifs is 1. The highest BCUT2D eigenvalue weighted by atomic mass is 16.5. The van der Waals surface area contributed by atoms with Gasteiger partial charge in [-0.05, 0) is 54.6 Å². The number of rotatable bonds is 5. The van der Waals surface area contributed by atoms with Gasteiger partial charge in [-0.2, -0.15) is 0 Å². The first-order valence-corrected chi connectivity index (χ1v) is 9.01. The van der Waals surface area contributed by atoms with E-state index >= 15 is 0 Å². The Kier molecular flexibility index (Phi) is 4.81. The number of aromatic nitrogens is 1. The molecule has 0 aliphatic carbocycles. The molecule has 0 aliphatic heterocycles. The number of carbonyl (C=O) groups is 2. The highest BCUT2D eigenvalue weighted by Crippen LogP contribution is 2.29. The van der Waals surface area contributed by atoms with Crippen LogP contribution in [-0.4, -0.2) is 24.0 Å². The molecule has 0 bridgehead atoms. The van der Waals surface area contributed by atoms with Crippen molar-refractivity contribution >= 4 is 39.9 Å². The van der Waals surface area contributed by atoms with Gasteiger partial charge in [-0.1, -0.05) is 11.2 Å². The molecule has 0 fully saturated rings. The molecular weight excluding hydrogens is 384 g/mol. The number of nitrogen functional groups attached to an aromatic ring is 2. The molecule has 4 aromatic rings. The molecule has 1 aromatic heterocycles. The maximum absolute atomic E-state index is 13.2. The Hall–Kier alpha value is -4.33. The van der Waals surface area contributed by atoms with Gasteiger partial charge in [-0.3, -0.25) is 9.59 Å². The summed E-state index contributed by atoms with van der Waals surface area (Å²) in [5.74, 6) is 0.100. The first-order valence-electron chi connectivity index (χ1n) is 9.01. The van der Waals surface area contributed by atoms with Crippen LogP contribution < -0.4 is 21.5 Å². The van der Waals surface area contributed by atoms with Crippen LogP contribution in [0.5, 0.6) is 5.75 Å². The lowest BCUT2D eigenvalue weighted by Crippen LogP contribution is -2.16. The van der Waals surface area contributed by atoms with Crippen molar-refractivity contribution in [1.82, 2.24) is 5.16 Å². The zero-order valence-electron chi connectivity index (χ0n) is 16.0. The summed E-state index contributed by atoms with van der Waals surface area (Å²) in [7, 11) is 1.54. The number of ketones is 1. The second-order valence-corrected chi connectivity index (χ2v) is 6.56. The van der Waals surface area contributed by atoms with Gasteiger partial charge >= 0.3 is 0 Å². The first-order chi connectivity index (χ1) is 14.5. The minimum Gasteiger partial charge on any atom is -0.497 e. The van der Waals surface area contributed by atoms with Crippen LogP contribution in [0.3, 0.4) is 0 Å². The fourth-order valence-corrected chi connectivity index (χ4v) is 3.08. The molecule has 1 heterocycles.